The maximum atomic E-state index is 11.9. The van der Waals surface area contributed by atoms with E-state index in [-0.39, 0.29) is 5.78 Å². The van der Waals surface area contributed by atoms with Crippen LogP contribution in [0.2, 0.25) is 0 Å². The van der Waals surface area contributed by atoms with Gasteiger partial charge in [-0.2, -0.15) is 0 Å². The van der Waals surface area contributed by atoms with Gasteiger partial charge in [-0.25, -0.2) is 0 Å². The van der Waals surface area contributed by atoms with Gasteiger partial charge in [0.1, 0.15) is 0 Å². The number of fused-ring (bicyclic) bond motifs is 1. The zero-order valence-corrected chi connectivity index (χ0v) is 21.6. The molecular formula is C31H42N2O. The summed E-state index contributed by atoms with van der Waals surface area (Å²) in [5.41, 5.74) is 5.67. The minimum absolute atomic E-state index is 0.158. The number of benzene rings is 1. The summed E-state index contributed by atoms with van der Waals surface area (Å²) in [6.45, 7) is 5.55. The van der Waals surface area contributed by atoms with Gasteiger partial charge in [-0.15, -0.1) is 0 Å². The molecule has 1 aromatic rings. The Kier molecular flexibility index (Phi) is 4.45. The summed E-state index contributed by atoms with van der Waals surface area (Å²) in [6, 6.07) is 9.60. The van der Waals surface area contributed by atoms with Gasteiger partial charge in [0, 0.05) is 36.9 Å². The molecular weight excluding hydrogens is 416 g/mol. The fourth-order valence-corrected chi connectivity index (χ4v) is 10.8. The highest BCUT2D eigenvalue weighted by Gasteiger charge is 2.77. The summed E-state index contributed by atoms with van der Waals surface area (Å²) >= 11 is 0. The van der Waals surface area contributed by atoms with E-state index in [1.807, 2.05) is 17.7 Å². The maximum absolute atomic E-state index is 11.9. The van der Waals surface area contributed by atoms with Gasteiger partial charge in [-0.3, -0.25) is 4.79 Å². The lowest BCUT2D eigenvalue weighted by Crippen LogP contribution is -2.49. The molecule has 5 fully saturated rings. The second kappa shape index (κ2) is 6.99. The SMILES string of the molecule is CC(=O)c1cccc(N(C)[C@H]2CC[C@]34CC35CC[C@]36CN(C)[C@@H](C)[C@H]3CC[C@H]6[C@@H]5CC=C4C2)c1. The van der Waals surface area contributed by atoms with Crippen LogP contribution in [0, 0.1) is 34.0 Å². The highest BCUT2D eigenvalue weighted by molar-refractivity contribution is 5.95. The van der Waals surface area contributed by atoms with Gasteiger partial charge < -0.3 is 9.80 Å². The Morgan fingerprint density at radius 3 is 2.74 bits per heavy atom. The van der Waals surface area contributed by atoms with Crippen molar-refractivity contribution >= 4 is 11.5 Å². The number of allylic oxidation sites excluding steroid dienone is 1. The smallest absolute Gasteiger partial charge is 0.159 e. The van der Waals surface area contributed by atoms with Crippen LogP contribution in [0.1, 0.15) is 82.0 Å². The molecule has 0 aromatic heterocycles. The monoisotopic (exact) mass is 458 g/mol. The Hall–Kier alpha value is -1.61. The molecule has 3 heteroatoms. The first-order chi connectivity index (χ1) is 16.3. The molecule has 3 spiro atoms. The van der Waals surface area contributed by atoms with E-state index in [4.69, 9.17) is 0 Å². The third-order valence-electron chi connectivity index (χ3n) is 12.6. The topological polar surface area (TPSA) is 23.6 Å². The normalized spacial score (nSPS) is 46.5. The molecule has 8 atom stereocenters. The fraction of sp³-hybridized carbons (Fsp3) is 0.710. The summed E-state index contributed by atoms with van der Waals surface area (Å²) in [7, 11) is 4.64. The van der Waals surface area contributed by atoms with E-state index < -0.39 is 0 Å². The predicted octanol–water partition coefficient (Wildman–Crippen LogP) is 6.34. The van der Waals surface area contributed by atoms with Crippen LogP contribution in [0.15, 0.2) is 35.9 Å². The molecule has 0 amide bonds. The summed E-state index contributed by atoms with van der Waals surface area (Å²) in [4.78, 5) is 17.1. The van der Waals surface area contributed by atoms with E-state index in [2.05, 4.69) is 49.0 Å². The lowest BCUT2D eigenvalue weighted by atomic mass is 9.51. The van der Waals surface area contributed by atoms with Gasteiger partial charge in [0.25, 0.3) is 0 Å². The number of ketones is 1. The minimum Gasteiger partial charge on any atom is -0.371 e. The Labute approximate surface area is 206 Å². The third-order valence-corrected chi connectivity index (χ3v) is 12.6. The van der Waals surface area contributed by atoms with Gasteiger partial charge in [0.2, 0.25) is 0 Å². The van der Waals surface area contributed by atoms with Crippen molar-refractivity contribution < 1.29 is 4.79 Å². The van der Waals surface area contributed by atoms with Crippen LogP contribution in [0.5, 0.6) is 0 Å². The Bertz CT molecular complexity index is 1080. The van der Waals surface area contributed by atoms with Crippen molar-refractivity contribution in [2.45, 2.75) is 83.7 Å². The lowest BCUT2D eigenvalue weighted by Gasteiger charge is -2.54. The number of hydrogen-bond acceptors (Lipinski definition) is 3. The molecule has 1 aliphatic heterocycles. The zero-order chi connectivity index (χ0) is 23.5. The van der Waals surface area contributed by atoms with Crippen LogP contribution in [-0.2, 0) is 0 Å². The number of carbonyl (C=O) groups is 1. The van der Waals surface area contributed by atoms with Gasteiger partial charge in [-0.1, -0.05) is 23.8 Å². The van der Waals surface area contributed by atoms with E-state index in [1.165, 1.54) is 70.0 Å². The Morgan fingerprint density at radius 1 is 1.09 bits per heavy atom. The molecule has 1 saturated heterocycles. The standard InChI is InChI=1S/C31H42N2O/c1-20-26-10-11-27-28-9-8-23-17-25(33(4)24-7-5-6-22(16-24)21(2)34)12-13-30(23)18-31(28,30)15-14-29(26,27)19-32(20)3/h5-8,16,20,25-28H,9-15,17-19H2,1-4H3/t20-,25-,26+,27-,28-,29-,30+,31?/m0/s1. The first kappa shape index (κ1) is 21.7. The third kappa shape index (κ3) is 2.55. The average molecular weight is 459 g/mol. The number of hydrogen-bond donors (Lipinski definition) is 0. The Balaban J connectivity index is 1.14. The number of likely N-dealkylation sites (tertiary alicyclic amines) is 1. The first-order valence-corrected chi connectivity index (χ1v) is 14.0. The van der Waals surface area contributed by atoms with Crippen LogP contribution in [0.4, 0.5) is 5.69 Å². The second-order valence-electron chi connectivity index (χ2n) is 13.3. The zero-order valence-electron chi connectivity index (χ0n) is 21.6. The van der Waals surface area contributed by atoms with Crippen molar-refractivity contribution in [1.82, 2.24) is 4.90 Å². The van der Waals surface area contributed by atoms with Crippen LogP contribution < -0.4 is 4.90 Å². The summed E-state index contributed by atoms with van der Waals surface area (Å²) in [5, 5.41) is 0. The molecule has 1 unspecified atom stereocenters. The first-order valence-electron chi connectivity index (χ1n) is 14.0. The number of nitrogens with zero attached hydrogens (tertiary/aromatic N) is 2. The molecule has 3 nitrogen and oxygen atoms in total. The molecule has 1 heterocycles. The van der Waals surface area contributed by atoms with Gasteiger partial charge in [-0.05, 0) is 125 Å². The van der Waals surface area contributed by atoms with E-state index in [9.17, 15) is 4.79 Å². The van der Waals surface area contributed by atoms with Crippen LogP contribution >= 0.6 is 0 Å². The summed E-state index contributed by atoms with van der Waals surface area (Å²) in [5.74, 6) is 3.04. The molecule has 0 radical (unpaired) electrons. The van der Waals surface area contributed by atoms with E-state index in [0.717, 1.165) is 29.4 Å². The predicted molar refractivity (Wildman–Crippen MR) is 138 cm³/mol. The highest BCUT2D eigenvalue weighted by Crippen LogP contribution is 2.84. The van der Waals surface area contributed by atoms with E-state index in [1.54, 1.807) is 6.92 Å². The molecule has 5 aliphatic carbocycles. The molecule has 182 valence electrons. The van der Waals surface area contributed by atoms with Crippen molar-refractivity contribution in [3.63, 3.8) is 0 Å². The fourth-order valence-electron chi connectivity index (χ4n) is 10.8. The van der Waals surface area contributed by atoms with Crippen molar-refractivity contribution in [2.75, 3.05) is 25.5 Å². The van der Waals surface area contributed by atoms with Gasteiger partial charge in [0.15, 0.2) is 5.78 Å². The number of anilines is 1. The van der Waals surface area contributed by atoms with Crippen molar-refractivity contribution in [1.29, 1.82) is 0 Å². The van der Waals surface area contributed by atoms with Crippen molar-refractivity contribution in [3.8, 4) is 0 Å². The van der Waals surface area contributed by atoms with Gasteiger partial charge in [0.05, 0.1) is 0 Å². The quantitative estimate of drug-likeness (QED) is 0.390. The van der Waals surface area contributed by atoms with Crippen LogP contribution in [0.3, 0.4) is 0 Å². The number of Topliss-reactive ketones (excluding diaryl/α,β-unsaturated/α-hetero) is 1. The van der Waals surface area contributed by atoms with Gasteiger partial charge >= 0.3 is 0 Å². The van der Waals surface area contributed by atoms with Crippen LogP contribution in [-0.4, -0.2) is 43.4 Å². The number of carbonyl (C=O) groups excluding carboxylic acids is 1. The lowest BCUT2D eigenvalue weighted by molar-refractivity contribution is -0.0175. The summed E-state index contributed by atoms with van der Waals surface area (Å²) in [6.07, 6.45) is 15.5. The average Bonchev–Trinajstić information content (AvgIpc) is 3.25. The largest absolute Gasteiger partial charge is 0.371 e. The van der Waals surface area contributed by atoms with E-state index in [0.29, 0.717) is 22.3 Å². The molecule has 4 saturated carbocycles. The van der Waals surface area contributed by atoms with Crippen molar-refractivity contribution in [2.24, 2.45) is 34.0 Å². The van der Waals surface area contributed by atoms with E-state index >= 15 is 0 Å². The number of rotatable bonds is 3. The second-order valence-corrected chi connectivity index (χ2v) is 13.3. The molecule has 6 aliphatic rings. The molecule has 0 N–H and O–H groups in total. The maximum Gasteiger partial charge on any atom is 0.159 e. The summed E-state index contributed by atoms with van der Waals surface area (Å²) < 4.78 is 0. The molecule has 0 bridgehead atoms. The molecule has 34 heavy (non-hydrogen) atoms. The molecule has 1 aromatic carbocycles. The van der Waals surface area contributed by atoms with Crippen molar-refractivity contribution in [3.05, 3.63) is 41.5 Å². The van der Waals surface area contributed by atoms with Crippen LogP contribution in [0.25, 0.3) is 0 Å². The Morgan fingerprint density at radius 2 is 1.91 bits per heavy atom. The minimum atomic E-state index is 0.158. The molecule has 7 rings (SSSR count). The highest BCUT2D eigenvalue weighted by atomic mass is 16.1.